The van der Waals surface area contributed by atoms with Crippen LogP contribution >= 0.6 is 11.8 Å². The van der Waals surface area contributed by atoms with Crippen molar-refractivity contribution >= 4 is 40.9 Å². The van der Waals surface area contributed by atoms with Crippen molar-refractivity contribution in [1.29, 1.82) is 0 Å². The number of thioether (sulfide) groups is 1. The lowest BCUT2D eigenvalue weighted by molar-refractivity contribution is -0.128. The second-order valence-corrected chi connectivity index (χ2v) is 7.68. The number of anilines is 2. The van der Waals surface area contributed by atoms with E-state index < -0.39 is 5.66 Å². The van der Waals surface area contributed by atoms with Crippen molar-refractivity contribution in [2.75, 3.05) is 23.0 Å². The van der Waals surface area contributed by atoms with E-state index in [1.54, 1.807) is 36.0 Å². The third-order valence-electron chi connectivity index (χ3n) is 5.38. The average molecular weight is 395 g/mol. The van der Waals surface area contributed by atoms with E-state index in [0.29, 0.717) is 23.5 Å². The molecule has 28 heavy (non-hydrogen) atoms. The molecule has 2 aromatic carbocycles. The lowest BCUT2D eigenvalue weighted by Crippen LogP contribution is -2.69. The SMILES string of the molecule is CCN1C(=O)c2ccccc2N2C(=O)CC[C@@]12C(=O)Nc1cccc(SC)c1. The number of para-hydroxylation sites is 1. The summed E-state index contributed by atoms with van der Waals surface area (Å²) in [5.74, 6) is -0.732. The molecule has 1 atom stereocenters. The van der Waals surface area contributed by atoms with E-state index in [9.17, 15) is 14.4 Å². The molecule has 1 saturated heterocycles. The Morgan fingerprint density at radius 3 is 2.71 bits per heavy atom. The smallest absolute Gasteiger partial charge is 0.271 e. The van der Waals surface area contributed by atoms with Crippen molar-refractivity contribution in [2.45, 2.75) is 30.3 Å². The van der Waals surface area contributed by atoms with E-state index in [0.717, 1.165) is 4.90 Å². The van der Waals surface area contributed by atoms with Crippen LogP contribution in [-0.4, -0.2) is 41.1 Å². The van der Waals surface area contributed by atoms with Gasteiger partial charge in [-0.25, -0.2) is 0 Å². The van der Waals surface area contributed by atoms with E-state index in [2.05, 4.69) is 5.32 Å². The molecular weight excluding hydrogens is 374 g/mol. The minimum atomic E-state index is -1.34. The number of amides is 3. The highest BCUT2D eigenvalue weighted by Crippen LogP contribution is 2.44. The van der Waals surface area contributed by atoms with Gasteiger partial charge in [0, 0.05) is 30.0 Å². The molecule has 7 heteroatoms. The van der Waals surface area contributed by atoms with Crippen molar-refractivity contribution in [3.8, 4) is 0 Å². The van der Waals surface area contributed by atoms with Gasteiger partial charge < -0.3 is 10.2 Å². The second-order valence-electron chi connectivity index (χ2n) is 6.80. The minimum absolute atomic E-state index is 0.147. The highest BCUT2D eigenvalue weighted by atomic mass is 32.2. The molecule has 3 amide bonds. The Hall–Kier alpha value is -2.80. The Morgan fingerprint density at radius 1 is 1.18 bits per heavy atom. The van der Waals surface area contributed by atoms with Crippen LogP contribution in [0.4, 0.5) is 11.4 Å². The van der Waals surface area contributed by atoms with Crippen molar-refractivity contribution in [2.24, 2.45) is 0 Å². The maximum atomic E-state index is 13.5. The van der Waals surface area contributed by atoms with Crippen LogP contribution < -0.4 is 10.2 Å². The maximum Gasteiger partial charge on any atom is 0.271 e. The summed E-state index contributed by atoms with van der Waals surface area (Å²) in [5, 5.41) is 2.94. The lowest BCUT2D eigenvalue weighted by Gasteiger charge is -2.48. The predicted molar refractivity (Wildman–Crippen MR) is 109 cm³/mol. The molecule has 1 N–H and O–H groups in total. The van der Waals surface area contributed by atoms with Gasteiger partial charge in [0.1, 0.15) is 0 Å². The number of nitrogens with one attached hydrogen (secondary N) is 1. The Kier molecular flexibility index (Phi) is 4.63. The lowest BCUT2D eigenvalue weighted by atomic mass is 9.95. The zero-order valence-electron chi connectivity index (χ0n) is 15.8. The number of likely N-dealkylation sites (N-methyl/N-ethyl adjacent to an activating group) is 1. The number of hydrogen-bond acceptors (Lipinski definition) is 4. The maximum absolute atomic E-state index is 13.5. The van der Waals surface area contributed by atoms with Crippen LogP contribution in [0.2, 0.25) is 0 Å². The van der Waals surface area contributed by atoms with Gasteiger partial charge in [0.25, 0.3) is 11.8 Å². The van der Waals surface area contributed by atoms with Crippen molar-refractivity contribution in [3.63, 3.8) is 0 Å². The van der Waals surface area contributed by atoms with Crippen molar-refractivity contribution in [3.05, 3.63) is 54.1 Å². The molecule has 0 aromatic heterocycles. The summed E-state index contributed by atoms with van der Waals surface area (Å²) < 4.78 is 0. The van der Waals surface area contributed by atoms with Gasteiger partial charge in [0.15, 0.2) is 0 Å². The van der Waals surface area contributed by atoms with Crippen LogP contribution in [0.1, 0.15) is 30.1 Å². The molecule has 0 spiro atoms. The molecule has 0 aliphatic carbocycles. The van der Waals surface area contributed by atoms with Gasteiger partial charge in [-0.05, 0) is 43.5 Å². The van der Waals surface area contributed by atoms with E-state index in [-0.39, 0.29) is 30.6 Å². The van der Waals surface area contributed by atoms with E-state index >= 15 is 0 Å². The number of carbonyl (C=O) groups is 3. The van der Waals surface area contributed by atoms with Crippen LogP contribution in [0.25, 0.3) is 0 Å². The molecule has 0 bridgehead atoms. The van der Waals surface area contributed by atoms with Gasteiger partial charge in [-0.2, -0.15) is 0 Å². The Morgan fingerprint density at radius 2 is 1.96 bits per heavy atom. The highest BCUT2D eigenvalue weighted by molar-refractivity contribution is 7.98. The van der Waals surface area contributed by atoms with Crippen LogP contribution in [0.5, 0.6) is 0 Å². The van der Waals surface area contributed by atoms with Crippen molar-refractivity contribution in [1.82, 2.24) is 4.90 Å². The monoisotopic (exact) mass is 395 g/mol. The normalized spacial score (nSPS) is 20.8. The molecule has 0 saturated carbocycles. The molecular formula is C21H21N3O3S. The third kappa shape index (κ3) is 2.61. The van der Waals surface area contributed by atoms with E-state index in [1.807, 2.05) is 37.4 Å². The molecule has 2 aliphatic rings. The first-order chi connectivity index (χ1) is 13.5. The molecule has 0 radical (unpaired) electrons. The predicted octanol–water partition coefficient (Wildman–Crippen LogP) is 3.35. The molecule has 2 aromatic rings. The zero-order chi connectivity index (χ0) is 19.9. The largest absolute Gasteiger partial charge is 0.322 e. The first kappa shape index (κ1) is 18.6. The van der Waals surface area contributed by atoms with E-state index in [4.69, 9.17) is 0 Å². The second kappa shape index (κ2) is 6.98. The standard InChI is InChI=1S/C21H21N3O3S/c1-3-23-19(26)16-9-4-5-10-17(16)24-18(25)11-12-21(23,24)20(27)22-14-7-6-8-15(13-14)28-2/h4-10,13H,3,11-12H2,1-2H3,(H,22,27)/t21-/m1/s1. The topological polar surface area (TPSA) is 69.7 Å². The first-order valence-corrected chi connectivity index (χ1v) is 10.4. The molecule has 1 fully saturated rings. The molecule has 4 rings (SSSR count). The summed E-state index contributed by atoms with van der Waals surface area (Å²) in [7, 11) is 0. The van der Waals surface area contributed by atoms with Crippen molar-refractivity contribution < 1.29 is 14.4 Å². The number of carbonyl (C=O) groups excluding carboxylic acids is 3. The number of nitrogens with zero attached hydrogens (tertiary/aromatic N) is 2. The van der Waals surface area contributed by atoms with Crippen LogP contribution in [0.15, 0.2) is 53.4 Å². The molecule has 0 unspecified atom stereocenters. The molecule has 144 valence electrons. The summed E-state index contributed by atoms with van der Waals surface area (Å²) in [6.45, 7) is 2.16. The highest BCUT2D eigenvalue weighted by Gasteiger charge is 2.60. The van der Waals surface area contributed by atoms with Gasteiger partial charge in [-0.3, -0.25) is 19.3 Å². The van der Waals surface area contributed by atoms with Gasteiger partial charge in [0.05, 0.1) is 11.3 Å². The fourth-order valence-electron chi connectivity index (χ4n) is 4.14. The van der Waals surface area contributed by atoms with Gasteiger partial charge >= 0.3 is 0 Å². The fraction of sp³-hybridized carbons (Fsp3) is 0.286. The fourth-order valence-corrected chi connectivity index (χ4v) is 4.60. The zero-order valence-corrected chi connectivity index (χ0v) is 16.6. The minimum Gasteiger partial charge on any atom is -0.322 e. The van der Waals surface area contributed by atoms with Crippen LogP contribution in [-0.2, 0) is 9.59 Å². The first-order valence-electron chi connectivity index (χ1n) is 9.22. The van der Waals surface area contributed by atoms with Gasteiger partial charge in [0.2, 0.25) is 11.6 Å². The Bertz CT molecular complexity index is 977. The van der Waals surface area contributed by atoms with Crippen LogP contribution in [0, 0.1) is 0 Å². The number of benzene rings is 2. The third-order valence-corrected chi connectivity index (χ3v) is 6.11. The Balaban J connectivity index is 1.81. The number of rotatable bonds is 4. The summed E-state index contributed by atoms with van der Waals surface area (Å²) >= 11 is 1.58. The summed E-state index contributed by atoms with van der Waals surface area (Å²) in [5.41, 5.74) is 0.264. The molecule has 6 nitrogen and oxygen atoms in total. The Labute approximate surface area is 167 Å². The summed E-state index contributed by atoms with van der Waals surface area (Å²) in [4.78, 5) is 43.6. The number of hydrogen-bond donors (Lipinski definition) is 1. The molecule has 2 aliphatic heterocycles. The average Bonchev–Trinajstić information content (AvgIpc) is 3.07. The van der Waals surface area contributed by atoms with E-state index in [1.165, 1.54) is 9.80 Å². The van der Waals surface area contributed by atoms with Gasteiger partial charge in [-0.1, -0.05) is 18.2 Å². The summed E-state index contributed by atoms with van der Waals surface area (Å²) in [6.07, 6.45) is 2.46. The number of fused-ring (bicyclic) bond motifs is 3. The summed E-state index contributed by atoms with van der Waals surface area (Å²) in [6, 6.07) is 14.5. The quantitative estimate of drug-likeness (QED) is 0.806. The van der Waals surface area contributed by atoms with Crippen LogP contribution in [0.3, 0.4) is 0 Å². The molecule has 2 heterocycles. The van der Waals surface area contributed by atoms with Gasteiger partial charge in [-0.15, -0.1) is 11.8 Å².